The highest BCUT2D eigenvalue weighted by molar-refractivity contribution is 7.89. The van der Waals surface area contributed by atoms with Crippen LogP contribution in [-0.4, -0.2) is 44.9 Å². The molecule has 0 aromatic heterocycles. The smallest absolute Gasteiger partial charge is 0.251 e. The molecule has 1 N–H and O–H groups in total. The monoisotopic (exact) mass is 388 g/mol. The summed E-state index contributed by atoms with van der Waals surface area (Å²) < 4.78 is 31.9. The van der Waals surface area contributed by atoms with Crippen LogP contribution in [0.5, 0.6) is 0 Å². The molecule has 3 rings (SSSR count). The fourth-order valence-corrected chi connectivity index (χ4v) is 4.41. The lowest BCUT2D eigenvalue weighted by atomic mass is 9.94. The SMILES string of the molecule is CC(C)(NC(=O)c1ccc(S(=O)(=O)N2CCOCC2)cc1)c1ccccc1. The summed E-state index contributed by atoms with van der Waals surface area (Å²) >= 11 is 0. The average Bonchev–Trinajstić information content (AvgIpc) is 2.69. The number of benzene rings is 2. The third kappa shape index (κ3) is 4.37. The lowest BCUT2D eigenvalue weighted by Gasteiger charge is -2.27. The van der Waals surface area contributed by atoms with Gasteiger partial charge in [0.05, 0.1) is 23.6 Å². The van der Waals surface area contributed by atoms with Crippen molar-refractivity contribution in [2.45, 2.75) is 24.3 Å². The highest BCUT2D eigenvalue weighted by atomic mass is 32.2. The van der Waals surface area contributed by atoms with E-state index in [1.165, 1.54) is 16.4 Å². The Kier molecular flexibility index (Phi) is 5.64. The number of hydrogen-bond donors (Lipinski definition) is 1. The molecule has 0 bridgehead atoms. The van der Waals surface area contributed by atoms with Crippen molar-refractivity contribution in [3.63, 3.8) is 0 Å². The number of carbonyl (C=O) groups excluding carboxylic acids is 1. The maximum atomic E-state index is 12.7. The molecular weight excluding hydrogens is 364 g/mol. The number of rotatable bonds is 5. The average molecular weight is 388 g/mol. The summed E-state index contributed by atoms with van der Waals surface area (Å²) in [4.78, 5) is 12.8. The second kappa shape index (κ2) is 7.80. The zero-order chi connectivity index (χ0) is 19.5. The largest absolute Gasteiger partial charge is 0.379 e. The van der Waals surface area contributed by atoms with Crippen molar-refractivity contribution in [3.8, 4) is 0 Å². The van der Waals surface area contributed by atoms with Gasteiger partial charge in [0, 0.05) is 18.7 Å². The van der Waals surface area contributed by atoms with Crippen LogP contribution < -0.4 is 5.32 Å². The van der Waals surface area contributed by atoms with Crippen LogP contribution in [-0.2, 0) is 20.3 Å². The molecule has 2 aromatic carbocycles. The van der Waals surface area contributed by atoms with E-state index in [-0.39, 0.29) is 10.8 Å². The first kappa shape index (κ1) is 19.5. The van der Waals surface area contributed by atoms with Crippen molar-refractivity contribution in [1.29, 1.82) is 0 Å². The normalized spacial score (nSPS) is 16.1. The standard InChI is InChI=1S/C20H24N2O4S/c1-20(2,17-6-4-3-5-7-17)21-19(23)16-8-10-18(11-9-16)27(24,25)22-12-14-26-15-13-22/h3-11H,12-15H2,1-2H3,(H,21,23). The number of nitrogens with zero attached hydrogens (tertiary/aromatic N) is 1. The molecule has 0 aliphatic carbocycles. The van der Waals surface area contributed by atoms with Gasteiger partial charge in [-0.2, -0.15) is 4.31 Å². The zero-order valence-electron chi connectivity index (χ0n) is 15.5. The summed E-state index contributed by atoms with van der Waals surface area (Å²) in [5.41, 5.74) is 0.862. The molecule has 0 spiro atoms. The van der Waals surface area contributed by atoms with E-state index in [1.54, 1.807) is 12.1 Å². The molecule has 6 nitrogen and oxygen atoms in total. The van der Waals surface area contributed by atoms with E-state index >= 15 is 0 Å². The number of nitrogens with one attached hydrogen (secondary N) is 1. The first-order chi connectivity index (χ1) is 12.8. The highest BCUT2D eigenvalue weighted by Crippen LogP contribution is 2.21. The minimum absolute atomic E-state index is 0.184. The molecule has 0 unspecified atom stereocenters. The number of hydrogen-bond acceptors (Lipinski definition) is 4. The topological polar surface area (TPSA) is 75.7 Å². The zero-order valence-corrected chi connectivity index (χ0v) is 16.3. The molecule has 0 radical (unpaired) electrons. The van der Waals surface area contributed by atoms with E-state index in [1.807, 2.05) is 44.2 Å². The minimum Gasteiger partial charge on any atom is -0.379 e. The summed E-state index contributed by atoms with van der Waals surface area (Å²) in [6.45, 7) is 5.34. The van der Waals surface area contributed by atoms with Gasteiger partial charge >= 0.3 is 0 Å². The Labute approximate surface area is 160 Å². The van der Waals surface area contributed by atoms with Gasteiger partial charge in [0.15, 0.2) is 0 Å². The van der Waals surface area contributed by atoms with Gasteiger partial charge in [0.25, 0.3) is 5.91 Å². The lowest BCUT2D eigenvalue weighted by molar-refractivity contribution is 0.0730. The molecule has 1 amide bonds. The summed E-state index contributed by atoms with van der Waals surface area (Å²) in [6, 6.07) is 15.7. The second-order valence-electron chi connectivity index (χ2n) is 6.99. The molecule has 144 valence electrons. The number of sulfonamides is 1. The van der Waals surface area contributed by atoms with Crippen LogP contribution in [0, 0.1) is 0 Å². The Bertz CT molecular complexity index is 887. The number of carbonyl (C=O) groups is 1. The van der Waals surface area contributed by atoms with E-state index in [4.69, 9.17) is 4.74 Å². The van der Waals surface area contributed by atoms with Crippen molar-refractivity contribution < 1.29 is 17.9 Å². The van der Waals surface area contributed by atoms with Crippen molar-refractivity contribution >= 4 is 15.9 Å². The number of ether oxygens (including phenoxy) is 1. The van der Waals surface area contributed by atoms with Crippen LogP contribution in [0.2, 0.25) is 0 Å². The molecule has 1 fully saturated rings. The third-order valence-corrected chi connectivity index (χ3v) is 6.56. The van der Waals surface area contributed by atoms with Crippen molar-refractivity contribution in [2.24, 2.45) is 0 Å². The number of amides is 1. The van der Waals surface area contributed by atoms with Crippen molar-refractivity contribution in [3.05, 3.63) is 65.7 Å². The van der Waals surface area contributed by atoms with E-state index in [0.29, 0.717) is 31.9 Å². The Morgan fingerprint density at radius 3 is 2.19 bits per heavy atom. The van der Waals surface area contributed by atoms with Crippen LogP contribution in [0.3, 0.4) is 0 Å². The predicted octanol–water partition coefficient (Wildman–Crippen LogP) is 2.37. The third-order valence-electron chi connectivity index (χ3n) is 4.65. The van der Waals surface area contributed by atoms with Crippen LogP contribution in [0.15, 0.2) is 59.5 Å². The van der Waals surface area contributed by atoms with Gasteiger partial charge in [0.2, 0.25) is 10.0 Å². The molecule has 1 saturated heterocycles. The minimum atomic E-state index is -3.56. The molecule has 0 atom stereocenters. The van der Waals surface area contributed by atoms with Gasteiger partial charge in [-0.15, -0.1) is 0 Å². The fourth-order valence-electron chi connectivity index (χ4n) is 3.00. The molecule has 2 aromatic rings. The van der Waals surface area contributed by atoms with Gasteiger partial charge in [-0.25, -0.2) is 8.42 Å². The van der Waals surface area contributed by atoms with Gasteiger partial charge < -0.3 is 10.1 Å². The Morgan fingerprint density at radius 2 is 1.59 bits per heavy atom. The van der Waals surface area contributed by atoms with Gasteiger partial charge in [0.1, 0.15) is 0 Å². The van der Waals surface area contributed by atoms with Crippen LogP contribution >= 0.6 is 0 Å². The van der Waals surface area contributed by atoms with Gasteiger partial charge in [-0.05, 0) is 43.7 Å². The molecule has 1 heterocycles. The summed E-state index contributed by atoms with van der Waals surface area (Å²) in [5, 5.41) is 3.00. The van der Waals surface area contributed by atoms with Gasteiger partial charge in [-0.3, -0.25) is 4.79 Å². The van der Waals surface area contributed by atoms with Crippen molar-refractivity contribution in [1.82, 2.24) is 9.62 Å². The molecule has 1 aliphatic rings. The summed E-state index contributed by atoms with van der Waals surface area (Å²) in [6.07, 6.45) is 0. The Morgan fingerprint density at radius 1 is 1.00 bits per heavy atom. The van der Waals surface area contributed by atoms with E-state index < -0.39 is 15.6 Å². The molecule has 7 heteroatoms. The summed E-state index contributed by atoms with van der Waals surface area (Å²) in [5.74, 6) is -0.251. The van der Waals surface area contributed by atoms with E-state index in [9.17, 15) is 13.2 Å². The molecule has 27 heavy (non-hydrogen) atoms. The number of morpholine rings is 1. The quantitative estimate of drug-likeness (QED) is 0.853. The van der Waals surface area contributed by atoms with Crippen LogP contribution in [0.1, 0.15) is 29.8 Å². The Hall–Kier alpha value is -2.22. The van der Waals surface area contributed by atoms with E-state index in [2.05, 4.69) is 5.32 Å². The fraction of sp³-hybridized carbons (Fsp3) is 0.350. The predicted molar refractivity (Wildman–Crippen MR) is 103 cm³/mol. The summed E-state index contributed by atoms with van der Waals surface area (Å²) in [7, 11) is -3.56. The first-order valence-corrected chi connectivity index (χ1v) is 10.3. The highest BCUT2D eigenvalue weighted by Gasteiger charge is 2.27. The van der Waals surface area contributed by atoms with Gasteiger partial charge in [-0.1, -0.05) is 30.3 Å². The molecular formula is C20H24N2O4S. The molecule has 0 saturated carbocycles. The van der Waals surface area contributed by atoms with Crippen LogP contribution in [0.25, 0.3) is 0 Å². The maximum absolute atomic E-state index is 12.7. The maximum Gasteiger partial charge on any atom is 0.251 e. The Balaban J connectivity index is 1.74. The molecule has 1 aliphatic heterocycles. The second-order valence-corrected chi connectivity index (χ2v) is 8.92. The van der Waals surface area contributed by atoms with E-state index in [0.717, 1.165) is 5.56 Å². The van der Waals surface area contributed by atoms with Crippen LogP contribution in [0.4, 0.5) is 0 Å². The lowest BCUT2D eigenvalue weighted by Crippen LogP contribution is -2.41. The van der Waals surface area contributed by atoms with Crippen molar-refractivity contribution in [2.75, 3.05) is 26.3 Å². The first-order valence-electron chi connectivity index (χ1n) is 8.87.